The highest BCUT2D eigenvalue weighted by Gasteiger charge is 2.09. The molecule has 3 aromatic rings. The zero-order valence-electron chi connectivity index (χ0n) is 12.4. The molecule has 0 amide bonds. The van der Waals surface area contributed by atoms with Gasteiger partial charge in [0, 0.05) is 7.05 Å². The molecule has 5 nitrogen and oxygen atoms in total. The minimum atomic E-state index is -0.969. The average molecular weight is 296 g/mol. The number of imidazole rings is 1. The van der Waals surface area contributed by atoms with Crippen LogP contribution in [-0.4, -0.2) is 20.6 Å². The van der Waals surface area contributed by atoms with Gasteiger partial charge < -0.3 is 14.4 Å². The van der Waals surface area contributed by atoms with Crippen LogP contribution < -0.4 is 4.74 Å². The molecule has 112 valence electrons. The van der Waals surface area contributed by atoms with Crippen molar-refractivity contribution in [3.8, 4) is 5.75 Å². The van der Waals surface area contributed by atoms with Crippen LogP contribution in [-0.2, 0) is 13.7 Å². The summed E-state index contributed by atoms with van der Waals surface area (Å²) in [6.45, 7) is 2.31. The fourth-order valence-electron chi connectivity index (χ4n) is 2.36. The summed E-state index contributed by atoms with van der Waals surface area (Å²) in [5, 5.41) is 8.99. The van der Waals surface area contributed by atoms with Crippen LogP contribution >= 0.6 is 0 Å². The maximum absolute atomic E-state index is 11.0. The summed E-state index contributed by atoms with van der Waals surface area (Å²) in [6, 6.07) is 12.6. The Bertz CT molecular complexity index is 852. The summed E-state index contributed by atoms with van der Waals surface area (Å²) < 4.78 is 7.66. The van der Waals surface area contributed by atoms with Gasteiger partial charge in [0.1, 0.15) is 18.2 Å². The van der Waals surface area contributed by atoms with E-state index >= 15 is 0 Å². The molecule has 0 unspecified atom stereocenters. The highest BCUT2D eigenvalue weighted by Crippen LogP contribution is 2.19. The van der Waals surface area contributed by atoms with Crippen LogP contribution in [0, 0.1) is 6.92 Å². The number of carboxylic acids is 1. The fraction of sp³-hybridized carbons (Fsp3) is 0.176. The Morgan fingerprint density at radius 3 is 2.86 bits per heavy atom. The molecule has 0 bridgehead atoms. The molecule has 1 heterocycles. The first-order valence-electron chi connectivity index (χ1n) is 6.93. The monoisotopic (exact) mass is 296 g/mol. The standard InChI is InChI=1S/C17H16N2O3/c1-11-6-7-15-14(8-11)18-16(19(15)2)10-22-13-5-3-4-12(9-13)17(20)21/h3-9H,10H2,1-2H3,(H,20,21). The first-order chi connectivity index (χ1) is 10.5. The SMILES string of the molecule is Cc1ccc2c(c1)nc(COc1cccc(C(=O)O)c1)n2C. The van der Waals surface area contributed by atoms with Crippen molar-refractivity contribution in [3.63, 3.8) is 0 Å². The smallest absolute Gasteiger partial charge is 0.335 e. The van der Waals surface area contributed by atoms with Gasteiger partial charge in [0.15, 0.2) is 0 Å². The van der Waals surface area contributed by atoms with E-state index in [1.54, 1.807) is 12.1 Å². The van der Waals surface area contributed by atoms with Crippen LogP contribution in [0.15, 0.2) is 42.5 Å². The van der Waals surface area contributed by atoms with Crippen molar-refractivity contribution in [2.75, 3.05) is 0 Å². The van der Waals surface area contributed by atoms with Gasteiger partial charge in [0.2, 0.25) is 0 Å². The molecule has 0 spiro atoms. The van der Waals surface area contributed by atoms with Crippen molar-refractivity contribution in [2.24, 2.45) is 7.05 Å². The van der Waals surface area contributed by atoms with E-state index in [1.165, 1.54) is 12.1 Å². The van der Waals surface area contributed by atoms with E-state index in [0.717, 1.165) is 22.4 Å². The molecule has 1 N–H and O–H groups in total. The number of aryl methyl sites for hydroxylation is 2. The first kappa shape index (κ1) is 14.1. The molecule has 22 heavy (non-hydrogen) atoms. The van der Waals surface area contributed by atoms with E-state index in [4.69, 9.17) is 9.84 Å². The number of carboxylic acid groups (broad SMARTS) is 1. The highest BCUT2D eigenvalue weighted by molar-refractivity contribution is 5.88. The van der Waals surface area contributed by atoms with Crippen LogP contribution in [0.1, 0.15) is 21.7 Å². The molecule has 5 heteroatoms. The summed E-state index contributed by atoms with van der Waals surface area (Å²) in [5.41, 5.74) is 3.34. The molecule has 0 fully saturated rings. The van der Waals surface area contributed by atoms with Gasteiger partial charge in [-0.2, -0.15) is 0 Å². The van der Waals surface area contributed by atoms with Gasteiger partial charge in [-0.1, -0.05) is 12.1 Å². The molecule has 0 saturated heterocycles. The van der Waals surface area contributed by atoms with Crippen molar-refractivity contribution < 1.29 is 14.6 Å². The lowest BCUT2D eigenvalue weighted by atomic mass is 10.2. The minimum Gasteiger partial charge on any atom is -0.486 e. The molecule has 0 saturated carbocycles. The molecule has 0 atom stereocenters. The van der Waals surface area contributed by atoms with E-state index in [2.05, 4.69) is 4.98 Å². The number of hydrogen-bond donors (Lipinski definition) is 1. The van der Waals surface area contributed by atoms with E-state index < -0.39 is 5.97 Å². The molecular weight excluding hydrogens is 280 g/mol. The van der Waals surface area contributed by atoms with Crippen molar-refractivity contribution in [1.29, 1.82) is 0 Å². The summed E-state index contributed by atoms with van der Waals surface area (Å²) in [5.74, 6) is 0.341. The maximum atomic E-state index is 11.0. The molecule has 0 aliphatic rings. The number of carbonyl (C=O) groups is 1. The van der Waals surface area contributed by atoms with Crippen LogP contribution in [0.25, 0.3) is 11.0 Å². The Hall–Kier alpha value is -2.82. The Labute approximate surface area is 127 Å². The number of ether oxygens (including phenoxy) is 1. The lowest BCUT2D eigenvalue weighted by Gasteiger charge is -2.07. The Balaban J connectivity index is 1.83. The number of benzene rings is 2. The van der Waals surface area contributed by atoms with Gasteiger partial charge in [-0.05, 0) is 42.8 Å². The number of rotatable bonds is 4. The van der Waals surface area contributed by atoms with Gasteiger partial charge in [-0.3, -0.25) is 0 Å². The molecule has 3 rings (SSSR count). The van der Waals surface area contributed by atoms with Crippen LogP contribution in [0.3, 0.4) is 0 Å². The summed E-state index contributed by atoms with van der Waals surface area (Å²) in [6.07, 6.45) is 0. The van der Waals surface area contributed by atoms with Crippen LogP contribution in [0.4, 0.5) is 0 Å². The number of aromatic carboxylic acids is 1. The predicted molar refractivity (Wildman–Crippen MR) is 83.2 cm³/mol. The quantitative estimate of drug-likeness (QED) is 0.803. The van der Waals surface area contributed by atoms with Gasteiger partial charge in [-0.25, -0.2) is 9.78 Å². The molecule has 0 radical (unpaired) electrons. The zero-order valence-corrected chi connectivity index (χ0v) is 12.4. The third kappa shape index (κ3) is 2.65. The number of aromatic nitrogens is 2. The molecule has 0 aliphatic carbocycles. The second kappa shape index (κ2) is 5.52. The van der Waals surface area contributed by atoms with E-state index in [9.17, 15) is 4.79 Å². The summed E-state index contributed by atoms with van der Waals surface area (Å²) >= 11 is 0. The van der Waals surface area contributed by atoms with Gasteiger partial charge in [-0.15, -0.1) is 0 Å². The number of nitrogens with zero attached hydrogens (tertiary/aromatic N) is 2. The molecule has 2 aromatic carbocycles. The molecular formula is C17H16N2O3. The van der Waals surface area contributed by atoms with E-state index in [0.29, 0.717) is 5.75 Å². The van der Waals surface area contributed by atoms with Gasteiger partial charge in [0.05, 0.1) is 16.6 Å². The van der Waals surface area contributed by atoms with Gasteiger partial charge >= 0.3 is 5.97 Å². The summed E-state index contributed by atoms with van der Waals surface area (Å²) in [4.78, 5) is 15.5. The maximum Gasteiger partial charge on any atom is 0.335 e. The third-order valence-electron chi connectivity index (χ3n) is 3.58. The number of hydrogen-bond acceptors (Lipinski definition) is 3. The van der Waals surface area contributed by atoms with Crippen LogP contribution in [0.5, 0.6) is 5.75 Å². The molecule has 1 aromatic heterocycles. The van der Waals surface area contributed by atoms with Crippen molar-refractivity contribution in [3.05, 3.63) is 59.4 Å². The fourth-order valence-corrected chi connectivity index (χ4v) is 2.36. The number of fused-ring (bicyclic) bond motifs is 1. The van der Waals surface area contributed by atoms with Crippen molar-refractivity contribution in [2.45, 2.75) is 13.5 Å². The second-order valence-electron chi connectivity index (χ2n) is 5.20. The first-order valence-corrected chi connectivity index (χ1v) is 6.93. The van der Waals surface area contributed by atoms with Gasteiger partial charge in [0.25, 0.3) is 0 Å². The Kier molecular flexibility index (Phi) is 3.55. The minimum absolute atomic E-state index is 0.207. The molecule has 0 aliphatic heterocycles. The largest absolute Gasteiger partial charge is 0.486 e. The topological polar surface area (TPSA) is 64.3 Å². The predicted octanol–water partition coefficient (Wildman–Crippen LogP) is 3.16. The van der Waals surface area contributed by atoms with E-state index in [-0.39, 0.29) is 12.2 Å². The summed E-state index contributed by atoms with van der Waals surface area (Å²) in [7, 11) is 1.94. The Morgan fingerprint density at radius 1 is 1.27 bits per heavy atom. The third-order valence-corrected chi connectivity index (χ3v) is 3.58. The lowest BCUT2D eigenvalue weighted by Crippen LogP contribution is -2.04. The zero-order chi connectivity index (χ0) is 15.7. The van der Waals surface area contributed by atoms with Crippen molar-refractivity contribution >= 4 is 17.0 Å². The van der Waals surface area contributed by atoms with Crippen LogP contribution in [0.2, 0.25) is 0 Å². The second-order valence-corrected chi connectivity index (χ2v) is 5.20. The highest BCUT2D eigenvalue weighted by atomic mass is 16.5. The normalized spacial score (nSPS) is 10.8. The average Bonchev–Trinajstić information content (AvgIpc) is 2.81. The van der Waals surface area contributed by atoms with E-state index in [1.807, 2.05) is 36.7 Å². The lowest BCUT2D eigenvalue weighted by molar-refractivity contribution is 0.0696. The Morgan fingerprint density at radius 2 is 2.09 bits per heavy atom. The van der Waals surface area contributed by atoms with Crippen molar-refractivity contribution in [1.82, 2.24) is 9.55 Å².